The fourth-order valence-corrected chi connectivity index (χ4v) is 7.58. The Morgan fingerprint density at radius 3 is 2.33 bits per heavy atom. The summed E-state index contributed by atoms with van der Waals surface area (Å²) in [5, 5.41) is 4.13. The van der Waals surface area contributed by atoms with Crippen molar-refractivity contribution < 1.29 is 42.9 Å². The molecule has 51 heavy (non-hydrogen) atoms. The Labute approximate surface area is 297 Å². The summed E-state index contributed by atoms with van der Waals surface area (Å²) < 4.78 is 30.1. The molecule has 13 nitrogen and oxygen atoms in total. The molecule has 0 radical (unpaired) electrons. The third kappa shape index (κ3) is 8.21. The molecule has 3 amide bonds. The topological polar surface area (TPSA) is 177 Å². The number of benzene rings is 2. The van der Waals surface area contributed by atoms with Gasteiger partial charge in [0.05, 0.1) is 24.9 Å². The van der Waals surface area contributed by atoms with Crippen LogP contribution in [-0.2, 0) is 18.9 Å². The summed E-state index contributed by atoms with van der Waals surface area (Å²) in [6, 6.07) is 14.4. The maximum Gasteiger partial charge on any atom is 0.408 e. The van der Waals surface area contributed by atoms with Crippen molar-refractivity contribution in [2.45, 2.75) is 83.5 Å². The lowest BCUT2D eigenvalue weighted by molar-refractivity contribution is -0.142. The van der Waals surface area contributed by atoms with Crippen LogP contribution in [0.2, 0.25) is 0 Å². The number of carbonyl (C=O) groups excluding carboxylic acids is 3. The molecule has 4 N–H and O–H groups in total. The molecule has 2 fully saturated rings. The van der Waals surface area contributed by atoms with Crippen molar-refractivity contribution in [2.24, 2.45) is 11.3 Å². The molecule has 3 aromatic rings. The van der Waals surface area contributed by atoms with E-state index in [1.807, 2.05) is 36.4 Å². The molecule has 2 aliphatic rings. The average molecular weight is 723 g/mol. The number of aromatic nitrogens is 1. The highest BCUT2D eigenvalue weighted by atomic mass is 31.2. The predicted octanol–water partition coefficient (Wildman–Crippen LogP) is 5.39. The van der Waals surface area contributed by atoms with E-state index in [9.17, 15) is 28.7 Å². The third-order valence-electron chi connectivity index (χ3n) is 9.09. The van der Waals surface area contributed by atoms with Crippen molar-refractivity contribution in [3.8, 4) is 22.8 Å². The van der Waals surface area contributed by atoms with Gasteiger partial charge in [-0.05, 0) is 44.7 Å². The van der Waals surface area contributed by atoms with Crippen LogP contribution in [0.15, 0.2) is 67.3 Å². The van der Waals surface area contributed by atoms with Crippen molar-refractivity contribution >= 4 is 36.4 Å². The third-order valence-corrected chi connectivity index (χ3v) is 10.8. The van der Waals surface area contributed by atoms with Gasteiger partial charge in [-0.1, -0.05) is 57.2 Å². The second-order valence-electron chi connectivity index (χ2n) is 15.2. The number of fused-ring (bicyclic) bond motifs is 1. The number of carbonyl (C=O) groups is 3. The Morgan fingerprint density at radius 2 is 1.76 bits per heavy atom. The molecule has 5 rings (SSSR count). The molecule has 274 valence electrons. The van der Waals surface area contributed by atoms with Gasteiger partial charge in [0.15, 0.2) is 0 Å². The van der Waals surface area contributed by atoms with Crippen LogP contribution >= 0.6 is 7.60 Å². The van der Waals surface area contributed by atoms with Crippen molar-refractivity contribution in [1.29, 1.82) is 0 Å². The predicted molar refractivity (Wildman–Crippen MR) is 192 cm³/mol. The smallest absolute Gasteiger partial charge is 0.408 e. The van der Waals surface area contributed by atoms with Crippen LogP contribution in [0.4, 0.5) is 4.79 Å². The average Bonchev–Trinajstić information content (AvgIpc) is 3.62. The first-order chi connectivity index (χ1) is 23.8. The number of likely N-dealkylation sites (tertiary alicyclic amines) is 1. The number of nitrogens with zero attached hydrogens (tertiary/aromatic N) is 2. The van der Waals surface area contributed by atoms with Crippen LogP contribution < -0.4 is 20.1 Å². The first-order valence-electron chi connectivity index (χ1n) is 16.8. The largest absolute Gasteiger partial charge is 0.497 e. The minimum atomic E-state index is -4.82. The summed E-state index contributed by atoms with van der Waals surface area (Å²) in [4.78, 5) is 68.1. The summed E-state index contributed by atoms with van der Waals surface area (Å²) in [5.41, 5.74) is 0.430. The van der Waals surface area contributed by atoms with Gasteiger partial charge in [-0.25, -0.2) is 9.78 Å². The minimum Gasteiger partial charge on any atom is -0.497 e. The lowest BCUT2D eigenvalue weighted by atomic mass is 9.85. The number of hydrogen-bond donors (Lipinski definition) is 4. The highest BCUT2D eigenvalue weighted by molar-refractivity contribution is 7.54. The summed E-state index contributed by atoms with van der Waals surface area (Å²) in [7, 11) is -3.26. The Kier molecular flexibility index (Phi) is 10.3. The maximum absolute atomic E-state index is 14.5. The molecule has 2 unspecified atom stereocenters. The van der Waals surface area contributed by atoms with Crippen LogP contribution in [-0.4, -0.2) is 80.3 Å². The van der Waals surface area contributed by atoms with Gasteiger partial charge in [0.1, 0.15) is 40.6 Å². The van der Waals surface area contributed by atoms with Crippen molar-refractivity contribution in [2.75, 3.05) is 13.7 Å². The monoisotopic (exact) mass is 722 g/mol. The number of hydrogen-bond acceptors (Lipinski definition) is 8. The van der Waals surface area contributed by atoms with E-state index >= 15 is 0 Å². The van der Waals surface area contributed by atoms with E-state index in [4.69, 9.17) is 19.2 Å². The first kappa shape index (κ1) is 37.8. The van der Waals surface area contributed by atoms with Crippen molar-refractivity contribution in [1.82, 2.24) is 20.5 Å². The lowest BCUT2D eigenvalue weighted by Gasteiger charge is -2.36. The zero-order valence-corrected chi connectivity index (χ0v) is 30.9. The molecule has 1 aliphatic heterocycles. The van der Waals surface area contributed by atoms with Crippen LogP contribution in [0, 0.1) is 11.3 Å². The Balaban J connectivity index is 1.52. The van der Waals surface area contributed by atoms with Gasteiger partial charge < -0.3 is 39.5 Å². The number of nitrogens with one attached hydrogen (secondary N) is 2. The first-order valence-corrected chi connectivity index (χ1v) is 18.4. The normalized spacial score (nSPS) is 22.5. The van der Waals surface area contributed by atoms with E-state index in [0.717, 1.165) is 5.56 Å². The molecule has 14 heteroatoms. The second kappa shape index (κ2) is 13.9. The summed E-state index contributed by atoms with van der Waals surface area (Å²) >= 11 is 0. The van der Waals surface area contributed by atoms with Gasteiger partial charge in [-0.15, -0.1) is 6.58 Å². The zero-order valence-electron chi connectivity index (χ0n) is 30.0. The van der Waals surface area contributed by atoms with Crippen molar-refractivity contribution in [3.63, 3.8) is 0 Å². The fourth-order valence-electron chi connectivity index (χ4n) is 6.35. The van der Waals surface area contributed by atoms with Gasteiger partial charge in [0.2, 0.25) is 11.8 Å². The molecule has 5 atom stereocenters. The van der Waals surface area contributed by atoms with E-state index < -0.39 is 65.9 Å². The van der Waals surface area contributed by atoms with Crippen LogP contribution in [0.1, 0.15) is 54.4 Å². The summed E-state index contributed by atoms with van der Waals surface area (Å²) in [6.45, 7) is 14.0. The number of methoxy groups -OCH3 is 1. The summed E-state index contributed by atoms with van der Waals surface area (Å²) in [6.07, 6.45) is -0.131. The summed E-state index contributed by atoms with van der Waals surface area (Å²) in [5.74, 6) is -0.910. The molecular weight excluding hydrogens is 675 g/mol. The number of rotatable bonds is 10. The maximum atomic E-state index is 14.5. The highest BCUT2D eigenvalue weighted by Crippen LogP contribution is 2.67. The Hall–Kier alpha value is -4.45. The number of pyridine rings is 1. The van der Waals surface area contributed by atoms with Crippen LogP contribution in [0.25, 0.3) is 22.2 Å². The minimum absolute atomic E-state index is 0.00247. The molecule has 2 aromatic carbocycles. The zero-order chi connectivity index (χ0) is 37.5. The molecule has 1 aromatic heterocycles. The van der Waals surface area contributed by atoms with Crippen LogP contribution in [0.3, 0.4) is 0 Å². The molecule has 0 bridgehead atoms. The molecule has 1 saturated carbocycles. The van der Waals surface area contributed by atoms with Gasteiger partial charge in [0, 0.05) is 35.4 Å². The number of amides is 3. The second-order valence-corrected chi connectivity index (χ2v) is 17.1. The Morgan fingerprint density at radius 1 is 1.08 bits per heavy atom. The van der Waals surface area contributed by atoms with E-state index in [2.05, 4.69) is 17.2 Å². The van der Waals surface area contributed by atoms with Crippen LogP contribution in [0.5, 0.6) is 11.5 Å². The van der Waals surface area contributed by atoms with Gasteiger partial charge in [0.25, 0.3) is 0 Å². The van der Waals surface area contributed by atoms with E-state index in [1.165, 1.54) is 11.0 Å². The van der Waals surface area contributed by atoms with Gasteiger partial charge >= 0.3 is 13.7 Å². The standard InChI is InChI=1S/C37H47N4O9P/c1-9-23-20-37(23,51(45,46)47)40-32(42)29-18-25(21-41(29)33(43)31(35(2,3)4)39-34(44)50-36(5,6)7)49-30-19-27(22-13-11-10-12-14-22)38-28-17-24(48-8)15-16-26(28)30/h9-17,19,23,25,29,31H,1,18,20-21H2,2-8H3,(H,39,44)(H,40,42)(H2,45,46,47)/t23?,25-,29+,31-,37?/m1/s1. The molecule has 0 spiro atoms. The number of alkyl carbamates (subject to hydrolysis) is 1. The van der Waals surface area contributed by atoms with Gasteiger partial charge in [-0.2, -0.15) is 0 Å². The van der Waals surface area contributed by atoms with E-state index in [-0.39, 0.29) is 19.4 Å². The molecule has 1 saturated heterocycles. The fraction of sp³-hybridized carbons (Fsp3) is 0.459. The molecule has 2 heterocycles. The Bertz CT molecular complexity index is 1870. The number of ether oxygens (including phenoxy) is 3. The SMILES string of the molecule is C=CC1CC1(NC(=O)[C@@H]1C[C@@H](Oc2cc(-c3ccccc3)nc3cc(OC)ccc23)CN1C(=O)[C@@H](NC(=O)OC(C)(C)C)C(C)(C)C)P(=O)(O)O. The van der Waals surface area contributed by atoms with E-state index in [0.29, 0.717) is 28.1 Å². The lowest BCUT2D eigenvalue weighted by Crippen LogP contribution is -2.59. The van der Waals surface area contributed by atoms with Crippen molar-refractivity contribution in [3.05, 3.63) is 67.3 Å². The van der Waals surface area contributed by atoms with E-state index in [1.54, 1.807) is 66.9 Å². The van der Waals surface area contributed by atoms with Gasteiger partial charge in [-0.3, -0.25) is 14.2 Å². The molecule has 1 aliphatic carbocycles. The molecular formula is C37H47N4O9P. The highest BCUT2D eigenvalue weighted by Gasteiger charge is 2.66. The quantitative estimate of drug-likeness (QED) is 0.157.